The number of benzene rings is 1. The summed E-state index contributed by atoms with van der Waals surface area (Å²) in [5.41, 5.74) is 0.204. The minimum Gasteiger partial charge on any atom is -0.495 e. The van der Waals surface area contributed by atoms with Gasteiger partial charge >= 0.3 is 5.97 Å². The van der Waals surface area contributed by atoms with E-state index in [0.717, 1.165) is 4.68 Å². The van der Waals surface area contributed by atoms with Gasteiger partial charge in [-0.25, -0.2) is 4.79 Å². The Morgan fingerprint density at radius 1 is 1.43 bits per heavy atom. The highest BCUT2D eigenvalue weighted by atomic mass is 35.5. The molecular formula is C13H12ClN3O4. The lowest BCUT2D eigenvalue weighted by Gasteiger charge is -2.08. The number of anilines is 1. The maximum atomic E-state index is 12.1. The van der Waals surface area contributed by atoms with Crippen molar-refractivity contribution in [3.8, 4) is 5.75 Å². The molecule has 7 nitrogen and oxygen atoms in total. The summed E-state index contributed by atoms with van der Waals surface area (Å²) < 4.78 is 6.13. The third-order valence-corrected chi connectivity index (χ3v) is 3.09. The zero-order valence-electron chi connectivity index (χ0n) is 11.3. The van der Waals surface area contributed by atoms with Crippen LogP contribution in [0.4, 0.5) is 5.69 Å². The Morgan fingerprint density at radius 2 is 2.14 bits per heavy atom. The molecule has 0 radical (unpaired) electrons. The van der Waals surface area contributed by atoms with Crippen LogP contribution in [0.2, 0.25) is 5.02 Å². The van der Waals surface area contributed by atoms with Crippen LogP contribution < -0.4 is 10.1 Å². The number of halogens is 1. The van der Waals surface area contributed by atoms with Crippen molar-refractivity contribution in [2.75, 3.05) is 12.4 Å². The number of ether oxygens (including phenoxy) is 1. The second kappa shape index (κ2) is 5.84. The van der Waals surface area contributed by atoms with E-state index in [-0.39, 0.29) is 11.3 Å². The molecule has 0 aliphatic carbocycles. The maximum Gasteiger partial charge on any atom is 0.354 e. The molecule has 0 spiro atoms. The number of methoxy groups -OCH3 is 1. The number of carboxylic acid groups (broad SMARTS) is 1. The van der Waals surface area contributed by atoms with Gasteiger partial charge in [0, 0.05) is 12.7 Å². The number of hydrogen-bond donors (Lipinski definition) is 2. The van der Waals surface area contributed by atoms with Crippen molar-refractivity contribution in [3.63, 3.8) is 0 Å². The molecular weight excluding hydrogens is 298 g/mol. The highest BCUT2D eigenvalue weighted by Gasteiger charge is 2.21. The van der Waals surface area contributed by atoms with Gasteiger partial charge in [-0.15, -0.1) is 0 Å². The van der Waals surface area contributed by atoms with Crippen molar-refractivity contribution in [2.45, 2.75) is 0 Å². The fourth-order valence-corrected chi connectivity index (χ4v) is 2.06. The quantitative estimate of drug-likeness (QED) is 0.901. The number of nitrogens with zero attached hydrogens (tertiary/aromatic N) is 2. The van der Waals surface area contributed by atoms with E-state index in [0.29, 0.717) is 16.5 Å². The lowest BCUT2D eigenvalue weighted by atomic mass is 10.2. The molecule has 2 aromatic rings. The van der Waals surface area contributed by atoms with Gasteiger partial charge in [0.05, 0.1) is 23.9 Å². The van der Waals surface area contributed by atoms with E-state index in [1.807, 2.05) is 0 Å². The molecule has 21 heavy (non-hydrogen) atoms. The first kappa shape index (κ1) is 14.9. The zero-order chi connectivity index (χ0) is 15.6. The fourth-order valence-electron chi connectivity index (χ4n) is 1.80. The van der Waals surface area contributed by atoms with Crippen LogP contribution in [0.3, 0.4) is 0 Å². The van der Waals surface area contributed by atoms with Crippen LogP contribution in [0.15, 0.2) is 24.4 Å². The Labute approximate surface area is 125 Å². The Bertz CT molecular complexity index is 711. The molecule has 2 N–H and O–H groups in total. The number of rotatable bonds is 4. The first-order valence-corrected chi connectivity index (χ1v) is 6.22. The van der Waals surface area contributed by atoms with Crippen molar-refractivity contribution in [3.05, 3.63) is 40.7 Å². The number of aryl methyl sites for hydroxylation is 1. The van der Waals surface area contributed by atoms with Crippen molar-refractivity contribution in [2.24, 2.45) is 7.05 Å². The van der Waals surface area contributed by atoms with Gasteiger partial charge in [-0.2, -0.15) is 5.10 Å². The summed E-state index contributed by atoms with van der Waals surface area (Å²) in [5.74, 6) is -1.34. The summed E-state index contributed by atoms with van der Waals surface area (Å²) in [6.45, 7) is 0. The first-order valence-electron chi connectivity index (χ1n) is 5.84. The molecule has 1 aromatic carbocycles. The van der Waals surface area contributed by atoms with Gasteiger partial charge in [-0.3, -0.25) is 9.48 Å². The smallest absolute Gasteiger partial charge is 0.354 e. The molecule has 0 saturated carbocycles. The minimum absolute atomic E-state index is 0.0306. The largest absolute Gasteiger partial charge is 0.495 e. The van der Waals surface area contributed by atoms with E-state index >= 15 is 0 Å². The molecule has 1 heterocycles. The van der Waals surface area contributed by atoms with E-state index in [2.05, 4.69) is 10.4 Å². The Kier molecular flexibility index (Phi) is 4.13. The van der Waals surface area contributed by atoms with Crippen molar-refractivity contribution in [1.29, 1.82) is 0 Å². The Morgan fingerprint density at radius 3 is 2.71 bits per heavy atom. The number of aromatic nitrogens is 2. The van der Waals surface area contributed by atoms with Crippen LogP contribution in [-0.2, 0) is 7.05 Å². The molecule has 0 fully saturated rings. The maximum absolute atomic E-state index is 12.1. The minimum atomic E-state index is -1.23. The molecule has 0 aliphatic rings. The number of aromatic carboxylic acids is 1. The fraction of sp³-hybridized carbons (Fsp3) is 0.154. The van der Waals surface area contributed by atoms with Gasteiger partial charge in [0.25, 0.3) is 5.91 Å². The molecule has 0 aliphatic heterocycles. The highest BCUT2D eigenvalue weighted by Crippen LogP contribution is 2.27. The molecule has 1 aromatic heterocycles. The second-order valence-electron chi connectivity index (χ2n) is 4.14. The predicted octanol–water partition coefficient (Wildman–Crippen LogP) is 2.03. The molecule has 0 atom stereocenters. The average molecular weight is 310 g/mol. The van der Waals surface area contributed by atoms with Crippen LogP contribution in [0, 0.1) is 0 Å². The van der Waals surface area contributed by atoms with E-state index < -0.39 is 11.9 Å². The normalized spacial score (nSPS) is 10.2. The lowest BCUT2D eigenvalue weighted by molar-refractivity contribution is 0.0680. The van der Waals surface area contributed by atoms with E-state index in [1.54, 1.807) is 12.1 Å². The van der Waals surface area contributed by atoms with Gasteiger partial charge in [-0.1, -0.05) is 11.6 Å². The van der Waals surface area contributed by atoms with Crippen molar-refractivity contribution >= 4 is 29.2 Å². The number of amides is 1. The molecule has 1 amide bonds. The zero-order valence-corrected chi connectivity index (χ0v) is 12.0. The van der Waals surface area contributed by atoms with Gasteiger partial charge < -0.3 is 15.2 Å². The second-order valence-corrected chi connectivity index (χ2v) is 4.55. The molecule has 0 bridgehead atoms. The van der Waals surface area contributed by atoms with E-state index in [4.69, 9.17) is 21.4 Å². The molecule has 0 unspecified atom stereocenters. The summed E-state index contributed by atoms with van der Waals surface area (Å²) in [6, 6.07) is 4.70. The third-order valence-electron chi connectivity index (χ3n) is 2.80. The predicted molar refractivity (Wildman–Crippen MR) is 76.1 cm³/mol. The highest BCUT2D eigenvalue weighted by molar-refractivity contribution is 6.32. The van der Waals surface area contributed by atoms with Gasteiger partial charge in [0.15, 0.2) is 5.69 Å². The number of carbonyl (C=O) groups is 2. The van der Waals surface area contributed by atoms with Crippen LogP contribution in [-0.4, -0.2) is 33.9 Å². The monoisotopic (exact) mass is 309 g/mol. The van der Waals surface area contributed by atoms with E-state index in [1.165, 1.54) is 26.4 Å². The standard InChI is InChI=1S/C13H12ClN3O4/c1-17-11(13(19)20)8(6-15-17)12(18)16-7-3-4-10(21-2)9(14)5-7/h3-6H,1-2H3,(H,16,18)(H,19,20). The van der Waals surface area contributed by atoms with Crippen LogP contribution in [0.25, 0.3) is 0 Å². The van der Waals surface area contributed by atoms with Gasteiger partial charge in [0.2, 0.25) is 0 Å². The van der Waals surface area contributed by atoms with Crippen molar-refractivity contribution in [1.82, 2.24) is 9.78 Å². The van der Waals surface area contributed by atoms with Crippen LogP contribution in [0.1, 0.15) is 20.8 Å². The lowest BCUT2D eigenvalue weighted by Crippen LogP contribution is -2.17. The SMILES string of the molecule is COc1ccc(NC(=O)c2cnn(C)c2C(=O)O)cc1Cl. The Hall–Kier alpha value is -2.54. The number of carbonyl (C=O) groups excluding carboxylic acids is 1. The summed E-state index contributed by atoms with van der Waals surface area (Å²) in [7, 11) is 2.93. The summed E-state index contributed by atoms with van der Waals surface area (Å²) >= 11 is 5.96. The summed E-state index contributed by atoms with van der Waals surface area (Å²) in [6.07, 6.45) is 1.20. The van der Waals surface area contributed by atoms with Crippen LogP contribution >= 0.6 is 11.6 Å². The van der Waals surface area contributed by atoms with Crippen molar-refractivity contribution < 1.29 is 19.4 Å². The van der Waals surface area contributed by atoms with Crippen LogP contribution in [0.5, 0.6) is 5.75 Å². The van der Waals surface area contributed by atoms with E-state index in [9.17, 15) is 9.59 Å². The third kappa shape index (κ3) is 2.97. The molecule has 2 rings (SSSR count). The van der Waals surface area contributed by atoms with Gasteiger partial charge in [0.1, 0.15) is 5.75 Å². The topological polar surface area (TPSA) is 93.5 Å². The number of carboxylic acids is 1. The molecule has 110 valence electrons. The average Bonchev–Trinajstić information content (AvgIpc) is 2.81. The van der Waals surface area contributed by atoms with Gasteiger partial charge in [-0.05, 0) is 18.2 Å². The summed E-state index contributed by atoms with van der Waals surface area (Å²) in [5, 5.41) is 15.8. The first-order chi connectivity index (χ1) is 9.93. The Balaban J connectivity index is 2.26. The number of nitrogens with one attached hydrogen (secondary N) is 1. The molecule has 8 heteroatoms. The summed E-state index contributed by atoms with van der Waals surface area (Å²) in [4.78, 5) is 23.2. The molecule has 0 saturated heterocycles. The number of hydrogen-bond acceptors (Lipinski definition) is 4.